The number of hydrogen-bond acceptors (Lipinski definition) is 1. The zero-order chi connectivity index (χ0) is 13.7. The van der Waals surface area contributed by atoms with E-state index in [1.807, 2.05) is 0 Å². The number of unbranched alkanes of at least 4 members (excludes halogenated alkanes) is 2. The number of hydrogen-bond donors (Lipinski definition) is 0. The standard InChI is InChI=1S/C16H32OSi/c1-5-7-9-10-11-12-15-18(3,4)16-14-17-13-8-6-2/h5,7,11-12H,6,8-10,13-16H2,1-4H3/b7-5+,12-11+. The lowest BCUT2D eigenvalue weighted by Crippen LogP contribution is -2.26. The quantitative estimate of drug-likeness (QED) is 0.276. The van der Waals surface area contributed by atoms with Gasteiger partial charge in [0.2, 0.25) is 0 Å². The van der Waals surface area contributed by atoms with E-state index in [0.29, 0.717) is 0 Å². The Morgan fingerprint density at radius 3 is 2.39 bits per heavy atom. The summed E-state index contributed by atoms with van der Waals surface area (Å²) in [5.74, 6) is 0. The highest BCUT2D eigenvalue weighted by molar-refractivity contribution is 6.77. The van der Waals surface area contributed by atoms with E-state index in [1.165, 1.54) is 37.8 Å². The molecule has 0 saturated carbocycles. The minimum atomic E-state index is -1.06. The molecule has 18 heavy (non-hydrogen) atoms. The molecule has 106 valence electrons. The van der Waals surface area contributed by atoms with Crippen molar-refractivity contribution in [1.29, 1.82) is 0 Å². The van der Waals surface area contributed by atoms with Crippen LogP contribution in [0.15, 0.2) is 24.3 Å². The molecule has 0 aromatic carbocycles. The summed E-state index contributed by atoms with van der Waals surface area (Å²) in [6, 6.07) is 2.58. The van der Waals surface area contributed by atoms with Crippen LogP contribution in [0.4, 0.5) is 0 Å². The first-order valence-corrected chi connectivity index (χ1v) is 10.9. The zero-order valence-electron chi connectivity index (χ0n) is 12.9. The van der Waals surface area contributed by atoms with Crippen molar-refractivity contribution in [3.8, 4) is 0 Å². The van der Waals surface area contributed by atoms with Gasteiger partial charge in [-0.1, -0.05) is 50.7 Å². The molecule has 0 spiro atoms. The number of ether oxygens (including phenoxy) is 1. The third-order valence-electron chi connectivity index (χ3n) is 3.14. The van der Waals surface area contributed by atoms with Gasteiger partial charge in [-0.25, -0.2) is 0 Å². The highest BCUT2D eigenvalue weighted by Gasteiger charge is 2.18. The molecule has 0 aromatic heterocycles. The molecule has 0 aliphatic heterocycles. The predicted octanol–water partition coefficient (Wildman–Crippen LogP) is 5.42. The van der Waals surface area contributed by atoms with E-state index in [2.05, 4.69) is 51.2 Å². The van der Waals surface area contributed by atoms with Gasteiger partial charge in [0.1, 0.15) is 0 Å². The third kappa shape index (κ3) is 12.1. The Morgan fingerprint density at radius 1 is 1.00 bits per heavy atom. The average molecular weight is 269 g/mol. The van der Waals surface area contributed by atoms with Gasteiger partial charge >= 0.3 is 0 Å². The van der Waals surface area contributed by atoms with Crippen LogP contribution in [0.5, 0.6) is 0 Å². The first-order valence-electron chi connectivity index (χ1n) is 7.46. The number of allylic oxidation sites excluding steroid dienone is 4. The van der Waals surface area contributed by atoms with Gasteiger partial charge in [-0.2, -0.15) is 0 Å². The molecule has 2 heteroatoms. The van der Waals surface area contributed by atoms with Crippen LogP contribution in [0.2, 0.25) is 25.2 Å². The van der Waals surface area contributed by atoms with Crippen molar-refractivity contribution in [2.45, 2.75) is 64.7 Å². The Labute approximate surface area is 115 Å². The largest absolute Gasteiger partial charge is 0.382 e. The molecule has 0 aliphatic rings. The van der Waals surface area contributed by atoms with Crippen molar-refractivity contribution in [1.82, 2.24) is 0 Å². The smallest absolute Gasteiger partial charge is 0.0534 e. The summed E-state index contributed by atoms with van der Waals surface area (Å²) in [6.07, 6.45) is 13.9. The summed E-state index contributed by atoms with van der Waals surface area (Å²) in [5, 5.41) is 0. The van der Waals surface area contributed by atoms with Crippen molar-refractivity contribution >= 4 is 8.07 Å². The molecule has 0 N–H and O–H groups in total. The normalized spacial score (nSPS) is 12.9. The Kier molecular flexibility index (Phi) is 11.5. The van der Waals surface area contributed by atoms with Gasteiger partial charge in [0.05, 0.1) is 8.07 Å². The molecule has 0 atom stereocenters. The van der Waals surface area contributed by atoms with Crippen LogP contribution in [0, 0.1) is 0 Å². The third-order valence-corrected chi connectivity index (χ3v) is 6.04. The lowest BCUT2D eigenvalue weighted by atomic mass is 10.3. The molecular weight excluding hydrogens is 236 g/mol. The summed E-state index contributed by atoms with van der Waals surface area (Å²) in [6.45, 7) is 11.1. The molecule has 0 saturated heterocycles. The number of rotatable bonds is 11. The molecule has 0 bridgehead atoms. The maximum Gasteiger partial charge on any atom is 0.0534 e. The van der Waals surface area contributed by atoms with Gasteiger partial charge in [0.15, 0.2) is 0 Å². The van der Waals surface area contributed by atoms with E-state index in [1.54, 1.807) is 0 Å². The summed E-state index contributed by atoms with van der Waals surface area (Å²) >= 11 is 0. The molecule has 0 aliphatic carbocycles. The van der Waals surface area contributed by atoms with E-state index in [-0.39, 0.29) is 0 Å². The van der Waals surface area contributed by atoms with Crippen molar-refractivity contribution in [2.24, 2.45) is 0 Å². The second-order valence-corrected chi connectivity index (χ2v) is 10.9. The molecule has 0 radical (unpaired) electrons. The maximum absolute atomic E-state index is 5.67. The summed E-state index contributed by atoms with van der Waals surface area (Å²) < 4.78 is 5.67. The van der Waals surface area contributed by atoms with Gasteiger partial charge in [-0.05, 0) is 38.3 Å². The first-order chi connectivity index (χ1) is 8.62. The molecular formula is C16H32OSi. The van der Waals surface area contributed by atoms with Crippen LogP contribution in [0.1, 0.15) is 39.5 Å². The van der Waals surface area contributed by atoms with E-state index >= 15 is 0 Å². The molecule has 0 unspecified atom stereocenters. The van der Waals surface area contributed by atoms with Crippen LogP contribution in [0.25, 0.3) is 0 Å². The van der Waals surface area contributed by atoms with Gasteiger partial charge < -0.3 is 4.74 Å². The molecule has 0 fully saturated rings. The SMILES string of the molecule is C/C=C/CC/C=C/C[Si](C)(C)CCOCCCC. The molecule has 1 nitrogen and oxygen atoms in total. The Hall–Kier alpha value is -0.343. The Morgan fingerprint density at radius 2 is 1.72 bits per heavy atom. The van der Waals surface area contributed by atoms with Crippen molar-refractivity contribution < 1.29 is 4.74 Å². The van der Waals surface area contributed by atoms with Crippen molar-refractivity contribution in [3.63, 3.8) is 0 Å². The van der Waals surface area contributed by atoms with Gasteiger partial charge in [-0.3, -0.25) is 0 Å². The summed E-state index contributed by atoms with van der Waals surface area (Å²) in [4.78, 5) is 0. The van der Waals surface area contributed by atoms with Crippen LogP contribution in [-0.2, 0) is 4.74 Å². The lowest BCUT2D eigenvalue weighted by Gasteiger charge is -2.20. The summed E-state index contributed by atoms with van der Waals surface area (Å²) in [5.41, 5.74) is 0. The minimum Gasteiger partial charge on any atom is -0.382 e. The lowest BCUT2D eigenvalue weighted by molar-refractivity contribution is 0.143. The monoisotopic (exact) mass is 268 g/mol. The van der Waals surface area contributed by atoms with Gasteiger partial charge in [-0.15, -0.1) is 0 Å². The second kappa shape index (κ2) is 11.7. The maximum atomic E-state index is 5.67. The highest BCUT2D eigenvalue weighted by Crippen LogP contribution is 2.16. The topological polar surface area (TPSA) is 9.23 Å². The second-order valence-electron chi connectivity index (χ2n) is 5.70. The zero-order valence-corrected chi connectivity index (χ0v) is 13.9. The van der Waals surface area contributed by atoms with Gasteiger partial charge in [0, 0.05) is 13.2 Å². The highest BCUT2D eigenvalue weighted by atomic mass is 28.3. The van der Waals surface area contributed by atoms with Crippen LogP contribution < -0.4 is 0 Å². The van der Waals surface area contributed by atoms with Crippen LogP contribution >= 0.6 is 0 Å². The Bertz CT molecular complexity index is 231. The minimum absolute atomic E-state index is 0.945. The predicted molar refractivity (Wildman–Crippen MR) is 86.0 cm³/mol. The first kappa shape index (κ1) is 17.7. The fourth-order valence-corrected chi connectivity index (χ4v) is 3.38. The van der Waals surface area contributed by atoms with Gasteiger partial charge in [0.25, 0.3) is 0 Å². The Balaban J connectivity index is 3.59. The molecule has 0 heterocycles. The van der Waals surface area contributed by atoms with E-state index in [9.17, 15) is 0 Å². The molecule has 0 amide bonds. The average Bonchev–Trinajstić information content (AvgIpc) is 2.33. The van der Waals surface area contributed by atoms with E-state index < -0.39 is 8.07 Å². The molecule has 0 aromatic rings. The fraction of sp³-hybridized carbons (Fsp3) is 0.750. The fourth-order valence-electron chi connectivity index (χ4n) is 1.68. The summed E-state index contributed by atoms with van der Waals surface area (Å²) in [7, 11) is -1.06. The van der Waals surface area contributed by atoms with Crippen molar-refractivity contribution in [2.75, 3.05) is 13.2 Å². The molecule has 0 rings (SSSR count). The van der Waals surface area contributed by atoms with E-state index in [0.717, 1.165) is 13.2 Å². The van der Waals surface area contributed by atoms with E-state index in [4.69, 9.17) is 4.74 Å². The van der Waals surface area contributed by atoms with Crippen molar-refractivity contribution in [3.05, 3.63) is 24.3 Å². The van der Waals surface area contributed by atoms with Crippen LogP contribution in [-0.4, -0.2) is 21.3 Å². The van der Waals surface area contributed by atoms with Crippen LogP contribution in [0.3, 0.4) is 0 Å².